The van der Waals surface area contributed by atoms with Crippen molar-refractivity contribution in [2.75, 3.05) is 0 Å². The molecule has 14 heavy (non-hydrogen) atoms. The van der Waals surface area contributed by atoms with Crippen molar-refractivity contribution in [3.63, 3.8) is 0 Å². The molecule has 0 aliphatic carbocycles. The Kier molecular flexibility index (Phi) is 4.03. The Morgan fingerprint density at radius 1 is 1.07 bits per heavy atom. The van der Waals surface area contributed by atoms with Gasteiger partial charge in [-0.1, -0.05) is 6.08 Å². The molecule has 2 heterocycles. The molecular formula is C10H6I2S2. The van der Waals surface area contributed by atoms with Crippen LogP contribution in [0.5, 0.6) is 0 Å². The van der Waals surface area contributed by atoms with E-state index >= 15 is 0 Å². The first-order valence-electron chi connectivity index (χ1n) is 3.90. The van der Waals surface area contributed by atoms with Gasteiger partial charge < -0.3 is 0 Å². The Morgan fingerprint density at radius 3 is 2.50 bits per heavy atom. The molecular weight excluding hydrogens is 438 g/mol. The maximum absolute atomic E-state index is 2.37. The van der Waals surface area contributed by atoms with Crippen molar-refractivity contribution >= 4 is 80.0 Å². The fourth-order valence-electron chi connectivity index (χ4n) is 1.00. The van der Waals surface area contributed by atoms with Crippen molar-refractivity contribution in [1.29, 1.82) is 0 Å². The van der Waals surface area contributed by atoms with Crippen LogP contribution in [-0.4, -0.2) is 0 Å². The zero-order valence-electron chi connectivity index (χ0n) is 7.04. The topological polar surface area (TPSA) is 0 Å². The second kappa shape index (κ2) is 5.09. The molecule has 0 radical (unpaired) electrons. The van der Waals surface area contributed by atoms with Gasteiger partial charge in [0.15, 0.2) is 0 Å². The van der Waals surface area contributed by atoms with Crippen molar-refractivity contribution in [3.05, 3.63) is 39.8 Å². The summed E-state index contributed by atoms with van der Waals surface area (Å²) in [6.45, 7) is 0. The van der Waals surface area contributed by atoms with Crippen molar-refractivity contribution in [2.24, 2.45) is 0 Å². The molecule has 2 rings (SSSR count). The lowest BCUT2D eigenvalue weighted by Gasteiger charge is -1.89. The molecule has 2 aromatic rings. The van der Waals surface area contributed by atoms with E-state index in [4.69, 9.17) is 0 Å². The molecule has 0 N–H and O–H groups in total. The van der Waals surface area contributed by atoms with Gasteiger partial charge in [0.1, 0.15) is 0 Å². The van der Waals surface area contributed by atoms with Crippen LogP contribution in [0.4, 0.5) is 0 Å². The highest BCUT2D eigenvalue weighted by atomic mass is 127. The summed E-state index contributed by atoms with van der Waals surface area (Å²) in [5.74, 6) is 0. The van der Waals surface area contributed by atoms with Gasteiger partial charge in [-0.15, -0.1) is 11.3 Å². The fraction of sp³-hybridized carbons (Fsp3) is 0. The van der Waals surface area contributed by atoms with Gasteiger partial charge in [-0.25, -0.2) is 0 Å². The van der Waals surface area contributed by atoms with Crippen molar-refractivity contribution in [3.8, 4) is 0 Å². The van der Waals surface area contributed by atoms with E-state index in [1.807, 2.05) is 0 Å². The summed E-state index contributed by atoms with van der Waals surface area (Å²) in [4.78, 5) is 1.34. The summed E-state index contributed by atoms with van der Waals surface area (Å²) < 4.78 is 2.66. The van der Waals surface area contributed by atoms with Gasteiger partial charge in [0.2, 0.25) is 0 Å². The molecule has 0 amide bonds. The Hall–Kier alpha value is 0.600. The van der Waals surface area contributed by atoms with E-state index < -0.39 is 0 Å². The Morgan fingerprint density at radius 2 is 1.93 bits per heavy atom. The molecule has 0 fully saturated rings. The van der Waals surface area contributed by atoms with Crippen molar-refractivity contribution < 1.29 is 0 Å². The first-order chi connectivity index (χ1) is 6.77. The minimum Gasteiger partial charge on any atom is -0.151 e. The first kappa shape index (κ1) is 11.1. The summed E-state index contributed by atoms with van der Waals surface area (Å²) >= 11 is 8.27. The monoisotopic (exact) mass is 444 g/mol. The van der Waals surface area contributed by atoms with Crippen LogP contribution in [0.3, 0.4) is 0 Å². The predicted molar refractivity (Wildman–Crippen MR) is 83.0 cm³/mol. The van der Waals surface area contributed by atoms with Gasteiger partial charge in [-0.05, 0) is 73.6 Å². The van der Waals surface area contributed by atoms with Crippen LogP contribution >= 0.6 is 67.9 Å². The summed E-state index contributed by atoms with van der Waals surface area (Å²) in [6, 6.07) is 2.14. The SMILES string of the molecule is Ic1cscc1/C=C/c1sccc1I. The summed E-state index contributed by atoms with van der Waals surface area (Å²) in [7, 11) is 0. The Balaban J connectivity index is 2.23. The maximum Gasteiger partial charge on any atom is 0.0404 e. The molecule has 0 unspecified atom stereocenters. The highest BCUT2D eigenvalue weighted by molar-refractivity contribution is 14.1. The van der Waals surface area contributed by atoms with Crippen molar-refractivity contribution in [2.45, 2.75) is 0 Å². The number of rotatable bonds is 2. The summed E-state index contributed by atoms with van der Waals surface area (Å²) in [5.41, 5.74) is 1.32. The lowest BCUT2D eigenvalue weighted by molar-refractivity contribution is 1.78. The molecule has 4 heteroatoms. The zero-order valence-corrected chi connectivity index (χ0v) is 13.0. The van der Waals surface area contributed by atoms with E-state index in [-0.39, 0.29) is 0 Å². The third kappa shape index (κ3) is 2.59. The third-order valence-electron chi connectivity index (χ3n) is 1.70. The highest BCUT2D eigenvalue weighted by Gasteiger charge is 1.98. The van der Waals surface area contributed by atoms with E-state index in [9.17, 15) is 0 Å². The Bertz CT molecular complexity index is 412. The zero-order chi connectivity index (χ0) is 9.97. The Labute approximate surface area is 118 Å². The van der Waals surface area contributed by atoms with Gasteiger partial charge in [-0.2, -0.15) is 11.3 Å². The molecule has 0 spiro atoms. The molecule has 0 nitrogen and oxygen atoms in total. The van der Waals surface area contributed by atoms with Gasteiger partial charge in [-0.3, -0.25) is 0 Å². The second-order valence-electron chi connectivity index (χ2n) is 2.64. The molecule has 0 aliphatic heterocycles. The van der Waals surface area contributed by atoms with Crippen LogP contribution in [0.2, 0.25) is 0 Å². The van der Waals surface area contributed by atoms with E-state index in [0.29, 0.717) is 0 Å². The minimum atomic E-state index is 1.32. The smallest absolute Gasteiger partial charge is 0.0404 e. The molecule has 0 saturated heterocycles. The summed E-state index contributed by atoms with van der Waals surface area (Å²) in [6.07, 6.45) is 4.38. The lowest BCUT2D eigenvalue weighted by atomic mass is 10.3. The molecule has 2 aromatic heterocycles. The number of hydrogen-bond donors (Lipinski definition) is 0. The predicted octanol–water partition coefficient (Wildman–Crippen LogP) is 5.19. The van der Waals surface area contributed by atoms with Crippen LogP contribution in [0.1, 0.15) is 10.4 Å². The van der Waals surface area contributed by atoms with Gasteiger partial charge in [0.05, 0.1) is 0 Å². The molecule has 0 aliphatic rings. The maximum atomic E-state index is 2.37. The number of thiophene rings is 2. The molecule has 72 valence electrons. The van der Waals surface area contributed by atoms with Crippen LogP contribution < -0.4 is 0 Å². The first-order valence-corrected chi connectivity index (χ1v) is 7.88. The van der Waals surface area contributed by atoms with Crippen LogP contribution in [0.25, 0.3) is 12.2 Å². The number of halogens is 2. The molecule has 0 aromatic carbocycles. The molecule has 0 bridgehead atoms. The van der Waals surface area contributed by atoms with Gasteiger partial charge in [0.25, 0.3) is 0 Å². The third-order valence-corrected chi connectivity index (χ3v) is 6.01. The largest absolute Gasteiger partial charge is 0.151 e. The van der Waals surface area contributed by atoms with E-state index in [2.05, 4.69) is 79.5 Å². The highest BCUT2D eigenvalue weighted by Crippen LogP contribution is 2.24. The summed E-state index contributed by atoms with van der Waals surface area (Å²) in [5, 5.41) is 6.47. The molecule has 0 atom stereocenters. The van der Waals surface area contributed by atoms with Crippen LogP contribution in [0, 0.1) is 7.14 Å². The minimum absolute atomic E-state index is 1.32. The fourth-order valence-corrected chi connectivity index (χ4v) is 4.33. The average molecular weight is 444 g/mol. The van der Waals surface area contributed by atoms with E-state index in [1.165, 1.54) is 17.6 Å². The normalized spacial score (nSPS) is 11.3. The van der Waals surface area contributed by atoms with E-state index in [0.717, 1.165) is 0 Å². The van der Waals surface area contributed by atoms with Crippen molar-refractivity contribution in [1.82, 2.24) is 0 Å². The van der Waals surface area contributed by atoms with Gasteiger partial charge in [0, 0.05) is 17.4 Å². The lowest BCUT2D eigenvalue weighted by Crippen LogP contribution is -1.69. The van der Waals surface area contributed by atoms with E-state index in [1.54, 1.807) is 22.7 Å². The molecule has 0 saturated carbocycles. The van der Waals surface area contributed by atoms with Crippen LogP contribution in [-0.2, 0) is 0 Å². The quantitative estimate of drug-likeness (QED) is 0.560. The average Bonchev–Trinajstić information content (AvgIpc) is 2.72. The standard InChI is InChI=1S/C10H6I2S2/c11-8-3-4-14-10(8)2-1-7-5-13-6-9(7)12/h1-6H/b2-1+. The van der Waals surface area contributed by atoms with Gasteiger partial charge >= 0.3 is 0 Å². The van der Waals surface area contributed by atoms with Crippen LogP contribution in [0.15, 0.2) is 22.2 Å². The number of hydrogen-bond acceptors (Lipinski definition) is 2. The second-order valence-corrected chi connectivity index (χ2v) is 6.66.